The number of rotatable bonds is 4. The van der Waals surface area contributed by atoms with E-state index in [0.717, 1.165) is 23.9 Å². The Kier molecular flexibility index (Phi) is 5.50. The maximum absolute atomic E-state index is 3.89. The van der Waals surface area contributed by atoms with Crippen molar-refractivity contribution in [2.75, 3.05) is 6.54 Å². The van der Waals surface area contributed by atoms with Gasteiger partial charge in [0.2, 0.25) is 0 Å². The second kappa shape index (κ2) is 6.91. The van der Waals surface area contributed by atoms with E-state index in [2.05, 4.69) is 31.4 Å². The van der Waals surface area contributed by atoms with Crippen LogP contribution in [0.25, 0.3) is 0 Å². The van der Waals surface area contributed by atoms with Crippen LogP contribution < -0.4 is 10.6 Å². The van der Waals surface area contributed by atoms with Crippen LogP contribution in [0, 0.1) is 11.8 Å². The van der Waals surface area contributed by atoms with Gasteiger partial charge in [0.25, 0.3) is 0 Å². The molecule has 0 aromatic rings. The van der Waals surface area contributed by atoms with Crippen LogP contribution >= 0.6 is 0 Å². The number of piperidine rings is 1. The molecule has 1 saturated heterocycles. The summed E-state index contributed by atoms with van der Waals surface area (Å²) in [6.07, 6.45) is 9.66. The highest BCUT2D eigenvalue weighted by atomic mass is 15.0. The fourth-order valence-electron chi connectivity index (χ4n) is 4.11. The topological polar surface area (TPSA) is 24.1 Å². The minimum Gasteiger partial charge on any atom is -0.314 e. The van der Waals surface area contributed by atoms with E-state index in [1.54, 1.807) is 0 Å². The smallest absolute Gasteiger partial charge is 0.00817 e. The highest BCUT2D eigenvalue weighted by Gasteiger charge is 2.25. The zero-order valence-corrected chi connectivity index (χ0v) is 12.5. The van der Waals surface area contributed by atoms with Crippen LogP contribution in [0.5, 0.6) is 0 Å². The minimum atomic E-state index is 0.670. The Morgan fingerprint density at radius 2 is 1.83 bits per heavy atom. The molecule has 0 spiro atoms. The largest absolute Gasteiger partial charge is 0.314 e. The summed E-state index contributed by atoms with van der Waals surface area (Å²) < 4.78 is 0. The zero-order chi connectivity index (χ0) is 13.0. The second-order valence-corrected chi connectivity index (χ2v) is 7.06. The molecule has 106 valence electrons. The Bertz CT molecular complexity index is 225. The van der Waals surface area contributed by atoms with Crippen molar-refractivity contribution in [1.29, 1.82) is 0 Å². The predicted molar refractivity (Wildman–Crippen MR) is 78.8 cm³/mol. The lowest BCUT2D eigenvalue weighted by Gasteiger charge is -2.35. The summed E-state index contributed by atoms with van der Waals surface area (Å²) in [6.45, 7) is 8.44. The third kappa shape index (κ3) is 4.55. The van der Waals surface area contributed by atoms with E-state index in [1.807, 2.05) is 0 Å². The van der Waals surface area contributed by atoms with Crippen molar-refractivity contribution in [3.05, 3.63) is 0 Å². The van der Waals surface area contributed by atoms with Crippen LogP contribution in [0.4, 0.5) is 0 Å². The molecule has 2 N–H and O–H groups in total. The quantitative estimate of drug-likeness (QED) is 0.802. The Hall–Kier alpha value is -0.0800. The van der Waals surface area contributed by atoms with E-state index >= 15 is 0 Å². The molecule has 1 aliphatic carbocycles. The van der Waals surface area contributed by atoms with Gasteiger partial charge in [0.05, 0.1) is 0 Å². The molecule has 2 nitrogen and oxygen atoms in total. The lowest BCUT2D eigenvalue weighted by atomic mass is 9.80. The molecule has 4 unspecified atom stereocenters. The molecule has 4 atom stereocenters. The van der Waals surface area contributed by atoms with Crippen molar-refractivity contribution in [1.82, 2.24) is 10.6 Å². The van der Waals surface area contributed by atoms with Crippen LogP contribution in [0.3, 0.4) is 0 Å². The molecular weight excluding hydrogens is 220 g/mol. The van der Waals surface area contributed by atoms with Crippen molar-refractivity contribution >= 4 is 0 Å². The molecule has 18 heavy (non-hydrogen) atoms. The third-order valence-corrected chi connectivity index (χ3v) is 4.75. The molecule has 0 aromatic carbocycles. The van der Waals surface area contributed by atoms with Gasteiger partial charge in [-0.1, -0.05) is 20.3 Å². The van der Waals surface area contributed by atoms with Gasteiger partial charge in [0.1, 0.15) is 0 Å². The van der Waals surface area contributed by atoms with Crippen LogP contribution in [-0.4, -0.2) is 24.7 Å². The van der Waals surface area contributed by atoms with Crippen molar-refractivity contribution in [2.24, 2.45) is 11.8 Å². The molecule has 1 aliphatic heterocycles. The number of hydrogen-bond acceptors (Lipinski definition) is 2. The molecule has 1 saturated carbocycles. The summed E-state index contributed by atoms with van der Waals surface area (Å²) in [7, 11) is 0. The first-order valence-corrected chi connectivity index (χ1v) is 8.13. The SMILES string of the molecule is CC1CC(C)CC(NC(C)CC2CCCCN2)C1. The molecule has 1 heterocycles. The van der Waals surface area contributed by atoms with Gasteiger partial charge in [-0.15, -0.1) is 0 Å². The summed E-state index contributed by atoms with van der Waals surface area (Å²) in [5, 5.41) is 7.55. The first kappa shape index (κ1) is 14.3. The van der Waals surface area contributed by atoms with E-state index in [9.17, 15) is 0 Å². The first-order valence-electron chi connectivity index (χ1n) is 8.13. The van der Waals surface area contributed by atoms with Gasteiger partial charge >= 0.3 is 0 Å². The van der Waals surface area contributed by atoms with Crippen LogP contribution in [0.2, 0.25) is 0 Å². The minimum absolute atomic E-state index is 0.670. The molecule has 2 heteroatoms. The van der Waals surface area contributed by atoms with Crippen molar-refractivity contribution in [2.45, 2.75) is 83.8 Å². The van der Waals surface area contributed by atoms with Crippen LogP contribution in [0.1, 0.15) is 65.7 Å². The van der Waals surface area contributed by atoms with E-state index in [0.29, 0.717) is 6.04 Å². The summed E-state index contributed by atoms with van der Waals surface area (Å²) in [5.41, 5.74) is 0. The Balaban J connectivity index is 1.70. The molecule has 2 fully saturated rings. The lowest BCUT2D eigenvalue weighted by Crippen LogP contribution is -2.45. The number of nitrogens with one attached hydrogen (secondary N) is 2. The van der Waals surface area contributed by atoms with Crippen LogP contribution in [0.15, 0.2) is 0 Å². The van der Waals surface area contributed by atoms with Crippen molar-refractivity contribution in [3.63, 3.8) is 0 Å². The van der Waals surface area contributed by atoms with Gasteiger partial charge in [-0.2, -0.15) is 0 Å². The summed E-state index contributed by atoms with van der Waals surface area (Å²) in [4.78, 5) is 0. The zero-order valence-electron chi connectivity index (χ0n) is 12.5. The van der Waals surface area contributed by atoms with Crippen molar-refractivity contribution < 1.29 is 0 Å². The van der Waals surface area contributed by atoms with E-state index < -0.39 is 0 Å². The second-order valence-electron chi connectivity index (χ2n) is 7.06. The highest BCUT2D eigenvalue weighted by molar-refractivity contribution is 4.84. The van der Waals surface area contributed by atoms with Gasteiger partial charge in [0, 0.05) is 18.1 Å². The van der Waals surface area contributed by atoms with Gasteiger partial charge in [-0.25, -0.2) is 0 Å². The maximum atomic E-state index is 3.89. The van der Waals surface area contributed by atoms with E-state index in [-0.39, 0.29) is 0 Å². The fraction of sp³-hybridized carbons (Fsp3) is 1.00. The highest BCUT2D eigenvalue weighted by Crippen LogP contribution is 2.29. The molecule has 0 radical (unpaired) electrons. The Morgan fingerprint density at radius 1 is 1.11 bits per heavy atom. The lowest BCUT2D eigenvalue weighted by molar-refractivity contribution is 0.219. The summed E-state index contributed by atoms with van der Waals surface area (Å²) in [6, 6.07) is 2.20. The molecule has 2 aliphatic rings. The van der Waals surface area contributed by atoms with Gasteiger partial charge < -0.3 is 10.6 Å². The van der Waals surface area contributed by atoms with Gasteiger partial charge in [-0.05, 0) is 63.8 Å². The summed E-state index contributed by atoms with van der Waals surface area (Å²) in [5.74, 6) is 1.82. The predicted octanol–water partition coefficient (Wildman–Crippen LogP) is 3.32. The monoisotopic (exact) mass is 252 g/mol. The molecular formula is C16H32N2. The van der Waals surface area contributed by atoms with E-state index in [4.69, 9.17) is 0 Å². The average Bonchev–Trinajstić information content (AvgIpc) is 2.28. The maximum Gasteiger partial charge on any atom is 0.00817 e. The number of hydrogen-bond donors (Lipinski definition) is 2. The van der Waals surface area contributed by atoms with Crippen LogP contribution in [-0.2, 0) is 0 Å². The third-order valence-electron chi connectivity index (χ3n) is 4.75. The average molecular weight is 252 g/mol. The Labute approximate surface area is 113 Å². The van der Waals surface area contributed by atoms with E-state index in [1.165, 1.54) is 51.5 Å². The molecule has 2 rings (SSSR count). The molecule has 0 bridgehead atoms. The normalized spacial score (nSPS) is 39.5. The first-order chi connectivity index (χ1) is 8.63. The van der Waals surface area contributed by atoms with Crippen molar-refractivity contribution in [3.8, 4) is 0 Å². The fourth-order valence-corrected chi connectivity index (χ4v) is 4.11. The standard InChI is InChI=1S/C16H32N2/c1-12-8-13(2)10-16(9-12)18-14(3)11-15-6-4-5-7-17-15/h12-18H,4-11H2,1-3H3. The van der Waals surface area contributed by atoms with Gasteiger partial charge in [-0.3, -0.25) is 0 Å². The Morgan fingerprint density at radius 3 is 2.44 bits per heavy atom. The molecule has 0 amide bonds. The molecule has 0 aromatic heterocycles. The summed E-state index contributed by atoms with van der Waals surface area (Å²) >= 11 is 0. The van der Waals surface area contributed by atoms with Gasteiger partial charge in [0.15, 0.2) is 0 Å².